The van der Waals surface area contributed by atoms with Crippen molar-refractivity contribution in [1.82, 2.24) is 24.6 Å². The molecule has 1 aliphatic rings. The van der Waals surface area contributed by atoms with Gasteiger partial charge in [0.2, 0.25) is 5.95 Å². The summed E-state index contributed by atoms with van der Waals surface area (Å²) in [6.07, 6.45) is 1.95. The summed E-state index contributed by atoms with van der Waals surface area (Å²) >= 11 is 6.58. The second-order valence-corrected chi connectivity index (χ2v) is 10.8. The van der Waals surface area contributed by atoms with E-state index in [1.807, 2.05) is 19.9 Å². The Morgan fingerprint density at radius 1 is 1.34 bits per heavy atom. The third-order valence-electron chi connectivity index (χ3n) is 5.33. The van der Waals surface area contributed by atoms with Gasteiger partial charge in [0.25, 0.3) is 0 Å². The van der Waals surface area contributed by atoms with Gasteiger partial charge in [-0.05, 0) is 32.4 Å². The number of nitrogens with one attached hydrogen (secondary N) is 2. The Morgan fingerprint density at radius 2 is 2.05 bits per heavy atom. The van der Waals surface area contributed by atoms with E-state index < -0.39 is 25.8 Å². The lowest BCUT2D eigenvalue weighted by molar-refractivity contribution is -0.107. The number of nitrogens with two attached hydrogens (primary N) is 1. The predicted molar refractivity (Wildman–Crippen MR) is 146 cm³/mol. The topological polar surface area (TPSA) is 168 Å². The Kier molecular flexibility index (Phi) is 11.0. The molecule has 0 bridgehead atoms. The van der Waals surface area contributed by atoms with E-state index in [2.05, 4.69) is 25.4 Å². The second kappa shape index (κ2) is 13.9. The normalized spacial score (nSPS) is 20.6. The van der Waals surface area contributed by atoms with Crippen LogP contribution in [0.25, 0.3) is 11.2 Å². The third kappa shape index (κ3) is 7.93. The van der Waals surface area contributed by atoms with Gasteiger partial charge >= 0.3 is 8.09 Å². The maximum Gasteiger partial charge on any atom is 0.544 e. The van der Waals surface area contributed by atoms with Crippen molar-refractivity contribution in [2.75, 3.05) is 38.4 Å². The zero-order valence-corrected chi connectivity index (χ0v) is 23.3. The summed E-state index contributed by atoms with van der Waals surface area (Å²) in [5, 5.41) is 5.14. The fourth-order valence-electron chi connectivity index (χ4n) is 3.41. The number of nitrogens with zero attached hydrogens (tertiary/aromatic N) is 4. The molecule has 38 heavy (non-hydrogen) atoms. The van der Waals surface area contributed by atoms with Gasteiger partial charge in [-0.1, -0.05) is 18.2 Å². The molecule has 208 valence electrons. The molecule has 5 N–H and O–H groups in total. The van der Waals surface area contributed by atoms with Crippen LogP contribution in [0.4, 0.5) is 11.8 Å². The van der Waals surface area contributed by atoms with Crippen LogP contribution in [0.1, 0.15) is 26.5 Å². The van der Waals surface area contributed by atoms with Crippen LogP contribution in [0.3, 0.4) is 0 Å². The average molecular weight is 571 g/mol. The highest BCUT2D eigenvalue weighted by Gasteiger charge is 2.46. The van der Waals surface area contributed by atoms with E-state index >= 15 is 0 Å². The highest BCUT2D eigenvalue weighted by atomic mass is 35.5. The Labute approximate surface area is 226 Å². The van der Waals surface area contributed by atoms with Gasteiger partial charge in [0, 0.05) is 14.2 Å². The summed E-state index contributed by atoms with van der Waals surface area (Å²) in [5.74, 6) is 0.982. The van der Waals surface area contributed by atoms with Gasteiger partial charge in [-0.2, -0.15) is 19.4 Å². The van der Waals surface area contributed by atoms with Gasteiger partial charge in [-0.15, -0.1) is 16.7 Å². The standard InChI is InChI=1S/C19H24ClN7O5P.C4H10O/c1-22-16-15-17(26-19(21)25-16)27(11-23-15)18-14(20)9-13(31-18)10-30-33(29,24-7-8-28)32-12-5-3-2-4-6-12;1-4(2)5-3/h2-6,8,11,13-14,18,24,29H,7,9-10H2,1H3,(H3,21,22,25,26);4H,1-3H3/q+1;. The van der Waals surface area contributed by atoms with Gasteiger partial charge in [0.05, 0.1) is 30.5 Å². The van der Waals surface area contributed by atoms with Crippen LogP contribution in [0.2, 0.25) is 0 Å². The first-order chi connectivity index (χ1) is 18.2. The Bertz CT molecular complexity index is 1170. The number of methoxy groups -OCH3 is 1. The number of ether oxygens (including phenoxy) is 2. The molecule has 1 fully saturated rings. The molecule has 1 aromatic carbocycles. The molecular formula is C23H34ClN7O6P+. The van der Waals surface area contributed by atoms with Crippen LogP contribution in [-0.4, -0.2) is 75.6 Å². The molecule has 1 saturated heterocycles. The molecule has 0 radical (unpaired) electrons. The molecule has 2 aromatic heterocycles. The van der Waals surface area contributed by atoms with E-state index in [1.165, 1.54) is 0 Å². The number of aldehydes is 1. The molecule has 0 amide bonds. The zero-order chi connectivity index (χ0) is 27.7. The summed E-state index contributed by atoms with van der Waals surface area (Å²) in [4.78, 5) is 34.4. The van der Waals surface area contributed by atoms with Crippen molar-refractivity contribution in [1.29, 1.82) is 0 Å². The maximum absolute atomic E-state index is 10.9. The first kappa shape index (κ1) is 29.9. The summed E-state index contributed by atoms with van der Waals surface area (Å²) in [5.41, 5.74) is 6.84. The van der Waals surface area contributed by atoms with Crippen LogP contribution in [0.15, 0.2) is 36.7 Å². The fourth-order valence-corrected chi connectivity index (χ4v) is 5.08. The zero-order valence-electron chi connectivity index (χ0n) is 21.7. The van der Waals surface area contributed by atoms with Crippen molar-refractivity contribution < 1.29 is 28.2 Å². The van der Waals surface area contributed by atoms with Crippen LogP contribution in [-0.2, 0) is 18.8 Å². The molecule has 0 saturated carbocycles. The molecule has 0 aliphatic carbocycles. The number of nitrogen functional groups attached to an aromatic ring is 1. The van der Waals surface area contributed by atoms with E-state index in [4.69, 9.17) is 35.9 Å². The molecule has 13 nitrogen and oxygen atoms in total. The van der Waals surface area contributed by atoms with Crippen molar-refractivity contribution >= 4 is 48.9 Å². The molecule has 4 atom stereocenters. The number of rotatable bonds is 11. The summed E-state index contributed by atoms with van der Waals surface area (Å²) in [7, 11) is -0.173. The average Bonchev–Trinajstić information content (AvgIpc) is 3.49. The van der Waals surface area contributed by atoms with Gasteiger partial charge in [0.15, 0.2) is 29.0 Å². The minimum absolute atomic E-state index is 0.0196. The number of hydrogen-bond acceptors (Lipinski definition) is 12. The second-order valence-electron chi connectivity index (χ2n) is 8.44. The Hall–Kier alpha value is -2.64. The van der Waals surface area contributed by atoms with Crippen LogP contribution < -0.4 is 20.7 Å². The number of halogens is 1. The van der Waals surface area contributed by atoms with E-state index in [9.17, 15) is 9.69 Å². The molecule has 4 rings (SSSR count). The van der Waals surface area contributed by atoms with Gasteiger partial charge < -0.3 is 25.3 Å². The molecule has 3 aromatic rings. The minimum atomic E-state index is -3.59. The minimum Gasteiger partial charge on any atom is -0.382 e. The number of aromatic nitrogens is 4. The lowest BCUT2D eigenvalue weighted by Crippen LogP contribution is -2.27. The van der Waals surface area contributed by atoms with E-state index in [-0.39, 0.29) is 19.1 Å². The molecular weight excluding hydrogens is 537 g/mol. The third-order valence-corrected chi connectivity index (χ3v) is 7.27. The van der Waals surface area contributed by atoms with Crippen molar-refractivity contribution in [3.63, 3.8) is 0 Å². The number of alkyl halides is 1. The van der Waals surface area contributed by atoms with Gasteiger partial charge in [-0.25, -0.2) is 4.98 Å². The van der Waals surface area contributed by atoms with E-state index in [0.717, 1.165) is 0 Å². The van der Waals surface area contributed by atoms with Gasteiger partial charge in [0.1, 0.15) is 12.9 Å². The first-order valence-corrected chi connectivity index (χ1v) is 13.9. The number of anilines is 2. The summed E-state index contributed by atoms with van der Waals surface area (Å²) in [6, 6.07) is 8.67. The number of carbonyl (C=O) groups is 1. The van der Waals surface area contributed by atoms with E-state index in [1.54, 1.807) is 49.3 Å². The lowest BCUT2D eigenvalue weighted by atomic mass is 10.2. The smallest absolute Gasteiger partial charge is 0.382 e. The quantitative estimate of drug-likeness (QED) is 0.151. The summed E-state index contributed by atoms with van der Waals surface area (Å²) < 4.78 is 23.8. The number of hydrogen-bond donors (Lipinski definition) is 4. The number of para-hydroxylation sites is 1. The monoisotopic (exact) mass is 570 g/mol. The number of carbonyl (C=O) groups excluding carboxylic acids is 1. The molecule has 0 spiro atoms. The maximum atomic E-state index is 10.9. The van der Waals surface area contributed by atoms with Crippen LogP contribution in [0, 0.1) is 0 Å². The van der Waals surface area contributed by atoms with Crippen molar-refractivity contribution in [2.24, 2.45) is 0 Å². The van der Waals surface area contributed by atoms with E-state index in [0.29, 0.717) is 41.5 Å². The van der Waals surface area contributed by atoms with Crippen molar-refractivity contribution in [3.8, 4) is 5.75 Å². The van der Waals surface area contributed by atoms with Crippen molar-refractivity contribution in [2.45, 2.75) is 44.1 Å². The fraction of sp³-hybridized carbons (Fsp3) is 0.478. The lowest BCUT2D eigenvalue weighted by Gasteiger charge is -2.19. The summed E-state index contributed by atoms with van der Waals surface area (Å²) in [6.45, 7) is 3.84. The number of benzene rings is 1. The number of fused-ring (bicyclic) bond motifs is 1. The SMILES string of the molecule is CNc1nc(N)nc2c1ncn2C1OC(CO[P+](O)(NCC=O)Oc2ccccc2)CC1Cl.COC(C)C. The highest BCUT2D eigenvalue weighted by Crippen LogP contribution is 2.53. The van der Waals surface area contributed by atoms with Gasteiger partial charge in [-0.3, -0.25) is 9.09 Å². The molecule has 1 aliphatic heterocycles. The van der Waals surface area contributed by atoms with Crippen LogP contribution >= 0.6 is 19.7 Å². The number of imidazole rings is 1. The molecule has 15 heteroatoms. The predicted octanol–water partition coefficient (Wildman–Crippen LogP) is 2.94. The first-order valence-electron chi connectivity index (χ1n) is 11.9. The van der Waals surface area contributed by atoms with Crippen LogP contribution in [0.5, 0.6) is 5.75 Å². The molecule has 4 unspecified atom stereocenters. The van der Waals surface area contributed by atoms with Crippen molar-refractivity contribution in [3.05, 3.63) is 36.7 Å². The highest BCUT2D eigenvalue weighted by molar-refractivity contribution is 7.58. The molecule has 3 heterocycles. The largest absolute Gasteiger partial charge is 0.544 e. The Balaban J connectivity index is 0.000000732. The Morgan fingerprint density at radius 3 is 2.68 bits per heavy atom.